The van der Waals surface area contributed by atoms with Crippen LogP contribution in [-0.2, 0) is 9.59 Å². The van der Waals surface area contributed by atoms with Crippen LogP contribution in [-0.4, -0.2) is 36.3 Å². The van der Waals surface area contributed by atoms with Crippen LogP contribution >= 0.6 is 11.6 Å². The zero-order valence-electron chi connectivity index (χ0n) is 15.3. The largest absolute Gasteiger partial charge is 0.490 e. The number of ether oxygens (including phenoxy) is 2. The van der Waals surface area contributed by atoms with Gasteiger partial charge in [0.1, 0.15) is 6.61 Å². The molecule has 0 unspecified atom stereocenters. The third-order valence-electron chi connectivity index (χ3n) is 5.40. The van der Waals surface area contributed by atoms with E-state index >= 15 is 0 Å². The molecular formula is C21H19ClN2O4. The van der Waals surface area contributed by atoms with E-state index in [-0.39, 0.29) is 42.1 Å². The number of terminal acetylenes is 1. The Balaban J connectivity index is 1.57. The van der Waals surface area contributed by atoms with Crippen molar-refractivity contribution < 1.29 is 19.1 Å². The van der Waals surface area contributed by atoms with Crippen LogP contribution in [0.4, 0.5) is 0 Å². The maximum atomic E-state index is 12.7. The van der Waals surface area contributed by atoms with Gasteiger partial charge in [-0.15, -0.1) is 6.42 Å². The number of allylic oxidation sites excluding steroid dienone is 2. The van der Waals surface area contributed by atoms with Gasteiger partial charge in [-0.3, -0.25) is 9.59 Å². The maximum absolute atomic E-state index is 12.7. The van der Waals surface area contributed by atoms with E-state index in [0.717, 1.165) is 11.4 Å². The van der Waals surface area contributed by atoms with Gasteiger partial charge in [0, 0.05) is 0 Å². The summed E-state index contributed by atoms with van der Waals surface area (Å²) in [6.07, 6.45) is 11.7. The molecule has 0 radical (unpaired) electrons. The molecule has 2 amide bonds. The molecule has 28 heavy (non-hydrogen) atoms. The first-order chi connectivity index (χ1) is 13.5. The van der Waals surface area contributed by atoms with Gasteiger partial charge in [0.25, 0.3) is 11.8 Å². The minimum absolute atomic E-state index is 0.0587. The van der Waals surface area contributed by atoms with Crippen molar-refractivity contribution >= 4 is 29.6 Å². The monoisotopic (exact) mass is 398 g/mol. The fraction of sp³-hybridized carbons (Fsp3) is 0.381. The quantitative estimate of drug-likeness (QED) is 0.320. The minimum Gasteiger partial charge on any atom is -0.490 e. The van der Waals surface area contributed by atoms with Crippen molar-refractivity contribution in [2.24, 2.45) is 28.8 Å². The molecule has 1 aromatic carbocycles. The molecule has 144 valence electrons. The van der Waals surface area contributed by atoms with Gasteiger partial charge in [0.15, 0.2) is 11.5 Å². The number of rotatable bonds is 6. The lowest BCUT2D eigenvalue weighted by Gasteiger charge is -2.13. The molecule has 1 saturated carbocycles. The second kappa shape index (κ2) is 7.33. The summed E-state index contributed by atoms with van der Waals surface area (Å²) in [4.78, 5) is 25.4. The molecule has 4 rings (SSSR count). The molecule has 0 N–H and O–H groups in total. The molecule has 2 aliphatic carbocycles. The summed E-state index contributed by atoms with van der Waals surface area (Å²) in [5.74, 6) is 2.45. The van der Waals surface area contributed by atoms with E-state index in [9.17, 15) is 9.59 Å². The van der Waals surface area contributed by atoms with E-state index in [1.165, 1.54) is 6.21 Å². The molecule has 0 aromatic heterocycles. The first-order valence-electron chi connectivity index (χ1n) is 9.17. The van der Waals surface area contributed by atoms with Crippen LogP contribution in [0.1, 0.15) is 18.9 Å². The molecular weight excluding hydrogens is 380 g/mol. The van der Waals surface area contributed by atoms with Crippen LogP contribution in [0.15, 0.2) is 29.4 Å². The number of hydrazone groups is 1. The number of nitrogens with zero attached hydrogens (tertiary/aromatic N) is 2. The Hall–Kier alpha value is -2.78. The van der Waals surface area contributed by atoms with Gasteiger partial charge in [0.05, 0.1) is 29.7 Å². The lowest BCUT2D eigenvalue weighted by Crippen LogP contribution is -2.28. The summed E-state index contributed by atoms with van der Waals surface area (Å²) in [6.45, 7) is 2.30. The van der Waals surface area contributed by atoms with Gasteiger partial charge < -0.3 is 9.47 Å². The number of benzene rings is 1. The maximum Gasteiger partial charge on any atom is 0.254 e. The molecule has 1 aromatic rings. The van der Waals surface area contributed by atoms with Crippen LogP contribution in [0, 0.1) is 36.0 Å². The number of fused-ring (bicyclic) bond motifs is 5. The molecule has 1 saturated heterocycles. The SMILES string of the molecule is C#CCOc1c(Cl)cc(/C=N\N2C(=O)[C@@H]3[C@H](C2=O)[C@@H]2C=C[C@H]3C2)cc1OCC. The van der Waals surface area contributed by atoms with Crippen LogP contribution < -0.4 is 9.47 Å². The molecule has 2 bridgehead atoms. The first-order valence-corrected chi connectivity index (χ1v) is 9.55. The average Bonchev–Trinajstić information content (AvgIpc) is 3.34. The highest BCUT2D eigenvalue weighted by molar-refractivity contribution is 6.32. The van der Waals surface area contributed by atoms with Crippen molar-refractivity contribution in [3.8, 4) is 23.8 Å². The first kappa shape index (κ1) is 18.6. The Morgan fingerprint density at radius 2 is 1.93 bits per heavy atom. The van der Waals surface area contributed by atoms with Crippen molar-refractivity contribution in [2.45, 2.75) is 13.3 Å². The summed E-state index contributed by atoms with van der Waals surface area (Å²) in [5, 5.41) is 5.47. The standard InChI is InChI=1S/C21H19ClN2O4/c1-3-7-28-19-15(22)8-12(9-16(19)27-4-2)11-23-24-20(25)17-13-5-6-14(10-13)18(17)21(24)26/h1,5-6,8-9,11,13-14,17-18H,4,7,10H2,2H3/b23-11-/t13-,14+,17-,18+. The van der Waals surface area contributed by atoms with E-state index in [4.69, 9.17) is 27.5 Å². The Morgan fingerprint density at radius 3 is 2.54 bits per heavy atom. The van der Waals surface area contributed by atoms with Crippen molar-refractivity contribution in [1.29, 1.82) is 0 Å². The Labute approximate surface area is 168 Å². The van der Waals surface area contributed by atoms with E-state index in [2.05, 4.69) is 11.0 Å². The van der Waals surface area contributed by atoms with Crippen LogP contribution in [0.25, 0.3) is 0 Å². The van der Waals surface area contributed by atoms with Gasteiger partial charge in [-0.25, -0.2) is 0 Å². The predicted molar refractivity (Wildman–Crippen MR) is 104 cm³/mol. The summed E-state index contributed by atoms with van der Waals surface area (Å²) < 4.78 is 11.0. The highest BCUT2D eigenvalue weighted by atomic mass is 35.5. The second-order valence-corrected chi connectivity index (χ2v) is 7.40. The minimum atomic E-state index is -0.276. The zero-order chi connectivity index (χ0) is 19.8. The van der Waals surface area contributed by atoms with E-state index in [1.54, 1.807) is 12.1 Å². The lowest BCUT2D eigenvalue weighted by atomic mass is 9.85. The molecule has 6 nitrogen and oxygen atoms in total. The van der Waals surface area contributed by atoms with Crippen LogP contribution in [0.2, 0.25) is 5.02 Å². The van der Waals surface area contributed by atoms with Gasteiger partial charge in [-0.05, 0) is 42.9 Å². The van der Waals surface area contributed by atoms with Gasteiger partial charge in [-0.2, -0.15) is 10.1 Å². The third kappa shape index (κ3) is 2.96. The smallest absolute Gasteiger partial charge is 0.254 e. The number of carbonyl (C=O) groups excluding carboxylic acids is 2. The van der Waals surface area contributed by atoms with Gasteiger partial charge in [-0.1, -0.05) is 29.7 Å². The van der Waals surface area contributed by atoms with Crippen LogP contribution in [0.5, 0.6) is 11.5 Å². The summed E-state index contributed by atoms with van der Waals surface area (Å²) in [5.41, 5.74) is 0.584. The number of carbonyl (C=O) groups is 2. The normalized spacial score (nSPS) is 27.5. The number of halogens is 1. The number of imide groups is 1. The molecule has 1 aliphatic heterocycles. The predicted octanol–water partition coefficient (Wildman–Crippen LogP) is 2.89. The molecule has 1 heterocycles. The van der Waals surface area contributed by atoms with Crippen molar-refractivity contribution in [3.63, 3.8) is 0 Å². The molecule has 4 atom stereocenters. The number of hydrogen-bond donors (Lipinski definition) is 0. The third-order valence-corrected chi connectivity index (χ3v) is 5.68. The summed E-state index contributed by atoms with van der Waals surface area (Å²) >= 11 is 6.29. The Bertz CT molecular complexity index is 903. The van der Waals surface area contributed by atoms with E-state index < -0.39 is 0 Å². The summed E-state index contributed by atoms with van der Waals surface area (Å²) in [6, 6.07) is 3.30. The molecule has 3 aliphatic rings. The molecule has 7 heteroatoms. The van der Waals surface area contributed by atoms with Gasteiger partial charge >= 0.3 is 0 Å². The highest BCUT2D eigenvalue weighted by Crippen LogP contribution is 2.52. The second-order valence-electron chi connectivity index (χ2n) is 6.99. The molecule has 0 spiro atoms. The lowest BCUT2D eigenvalue weighted by molar-refractivity contribution is -0.140. The fourth-order valence-electron chi connectivity index (χ4n) is 4.30. The average molecular weight is 399 g/mol. The number of hydrogen-bond acceptors (Lipinski definition) is 5. The zero-order valence-corrected chi connectivity index (χ0v) is 16.1. The van der Waals surface area contributed by atoms with Gasteiger partial charge in [0.2, 0.25) is 0 Å². The Kier molecular flexibility index (Phi) is 4.86. The van der Waals surface area contributed by atoms with Crippen molar-refractivity contribution in [1.82, 2.24) is 5.01 Å². The Morgan fingerprint density at radius 1 is 1.25 bits per heavy atom. The highest BCUT2D eigenvalue weighted by Gasteiger charge is 2.59. The van der Waals surface area contributed by atoms with E-state index in [0.29, 0.717) is 28.7 Å². The molecule has 2 fully saturated rings. The van der Waals surface area contributed by atoms with E-state index in [1.807, 2.05) is 19.1 Å². The number of amides is 2. The van der Waals surface area contributed by atoms with Crippen molar-refractivity contribution in [3.05, 3.63) is 34.9 Å². The topological polar surface area (TPSA) is 68.2 Å². The summed E-state index contributed by atoms with van der Waals surface area (Å²) in [7, 11) is 0. The fourth-order valence-corrected chi connectivity index (χ4v) is 4.58. The van der Waals surface area contributed by atoms with Crippen molar-refractivity contribution in [2.75, 3.05) is 13.2 Å². The van der Waals surface area contributed by atoms with Crippen LogP contribution in [0.3, 0.4) is 0 Å².